The Kier molecular flexibility index (Phi) is 8.30. The molecule has 0 saturated heterocycles. The number of rotatable bonds is 8. The normalized spacial score (nSPS) is 12.2. The molecule has 0 spiro atoms. The van der Waals surface area contributed by atoms with Crippen LogP contribution in [0.1, 0.15) is 30.7 Å². The average molecular weight is 311 g/mol. The molecule has 120 valence electrons. The van der Waals surface area contributed by atoms with E-state index in [2.05, 4.69) is 60.3 Å². The fourth-order valence-corrected chi connectivity index (χ4v) is 2.51. The molecule has 0 aliphatic rings. The largest absolute Gasteiger partial charge is 0.357 e. The lowest BCUT2D eigenvalue weighted by atomic mass is 10.3. The van der Waals surface area contributed by atoms with Gasteiger partial charge in [-0.1, -0.05) is 0 Å². The van der Waals surface area contributed by atoms with Gasteiger partial charge in [0.15, 0.2) is 5.96 Å². The van der Waals surface area contributed by atoms with Crippen molar-refractivity contribution in [1.82, 2.24) is 20.5 Å². The maximum absolute atomic E-state index is 4.61. The molecule has 1 heterocycles. The first-order valence-electron chi connectivity index (χ1n) is 7.66. The third-order valence-electron chi connectivity index (χ3n) is 3.25. The van der Waals surface area contributed by atoms with E-state index in [0.717, 1.165) is 38.6 Å². The minimum absolute atomic E-state index is 0.559. The number of hydrogen-bond donors (Lipinski definition) is 2. The number of likely N-dealkylation sites (N-methyl/N-ethyl adjacent to an activating group) is 1. The summed E-state index contributed by atoms with van der Waals surface area (Å²) in [5, 5.41) is 7.83. The number of nitrogens with one attached hydrogen (secondary N) is 2. The SMILES string of the molecule is CCNC(=NCCN(C)C(C)C)NCCc1ncc(C)s1. The van der Waals surface area contributed by atoms with Crippen molar-refractivity contribution in [3.8, 4) is 0 Å². The summed E-state index contributed by atoms with van der Waals surface area (Å²) in [6.45, 7) is 12.1. The number of hydrogen-bond acceptors (Lipinski definition) is 4. The van der Waals surface area contributed by atoms with Crippen molar-refractivity contribution >= 4 is 17.3 Å². The molecule has 2 N–H and O–H groups in total. The summed E-state index contributed by atoms with van der Waals surface area (Å²) in [4.78, 5) is 12.5. The number of thiazole rings is 1. The topological polar surface area (TPSA) is 52.6 Å². The summed E-state index contributed by atoms with van der Waals surface area (Å²) in [6, 6.07) is 0.559. The van der Waals surface area contributed by atoms with Gasteiger partial charge in [-0.25, -0.2) is 4.98 Å². The van der Waals surface area contributed by atoms with Crippen LogP contribution in [0.15, 0.2) is 11.2 Å². The van der Waals surface area contributed by atoms with E-state index in [0.29, 0.717) is 6.04 Å². The summed E-state index contributed by atoms with van der Waals surface area (Å²) in [6.07, 6.45) is 2.87. The number of aliphatic imine (C=N–C) groups is 1. The molecule has 1 aromatic rings. The second-order valence-corrected chi connectivity index (χ2v) is 6.70. The van der Waals surface area contributed by atoms with Crippen molar-refractivity contribution < 1.29 is 0 Å². The lowest BCUT2D eigenvalue weighted by molar-refractivity contribution is 0.282. The van der Waals surface area contributed by atoms with Crippen molar-refractivity contribution in [3.05, 3.63) is 16.1 Å². The summed E-state index contributed by atoms with van der Waals surface area (Å²) in [7, 11) is 2.13. The maximum atomic E-state index is 4.61. The van der Waals surface area contributed by atoms with Crippen LogP contribution in [0, 0.1) is 6.92 Å². The third kappa shape index (κ3) is 7.43. The Morgan fingerprint density at radius 3 is 2.76 bits per heavy atom. The van der Waals surface area contributed by atoms with Crippen LogP contribution < -0.4 is 10.6 Å². The van der Waals surface area contributed by atoms with Gasteiger partial charge in [0.25, 0.3) is 0 Å². The first-order valence-corrected chi connectivity index (χ1v) is 8.48. The number of aryl methyl sites for hydroxylation is 1. The van der Waals surface area contributed by atoms with Crippen LogP contribution in [0.3, 0.4) is 0 Å². The van der Waals surface area contributed by atoms with E-state index in [-0.39, 0.29) is 0 Å². The van der Waals surface area contributed by atoms with Gasteiger partial charge in [0.05, 0.1) is 11.6 Å². The molecule has 0 unspecified atom stereocenters. The maximum Gasteiger partial charge on any atom is 0.191 e. The molecule has 0 atom stereocenters. The Balaban J connectivity index is 2.34. The summed E-state index contributed by atoms with van der Waals surface area (Å²) in [5.74, 6) is 0.892. The predicted molar refractivity (Wildman–Crippen MR) is 92.3 cm³/mol. The third-order valence-corrected chi connectivity index (χ3v) is 4.22. The highest BCUT2D eigenvalue weighted by Gasteiger charge is 2.03. The standard InChI is InChI=1S/C15H29N5S/c1-6-16-15(18-9-10-20(5)12(2)3)17-8-7-14-19-11-13(4)21-14/h11-12H,6-10H2,1-5H3,(H2,16,17,18). The van der Waals surface area contributed by atoms with Gasteiger partial charge in [-0.05, 0) is 34.7 Å². The van der Waals surface area contributed by atoms with Crippen LogP contribution in [0.4, 0.5) is 0 Å². The minimum Gasteiger partial charge on any atom is -0.357 e. The molecule has 6 heteroatoms. The number of guanidine groups is 1. The van der Waals surface area contributed by atoms with Crippen LogP contribution in [-0.4, -0.2) is 55.1 Å². The molecule has 0 saturated carbocycles. The molecule has 21 heavy (non-hydrogen) atoms. The molecule has 0 aromatic carbocycles. The minimum atomic E-state index is 0.559. The summed E-state index contributed by atoms with van der Waals surface area (Å²) in [5.41, 5.74) is 0. The molecule has 0 fully saturated rings. The first kappa shape index (κ1) is 17.9. The highest BCUT2D eigenvalue weighted by atomic mass is 32.1. The van der Waals surface area contributed by atoms with E-state index in [1.807, 2.05) is 6.20 Å². The van der Waals surface area contributed by atoms with Gasteiger partial charge >= 0.3 is 0 Å². The van der Waals surface area contributed by atoms with Gasteiger partial charge in [-0.3, -0.25) is 4.99 Å². The Labute approximate surface area is 132 Å². The molecule has 1 aromatic heterocycles. The summed E-state index contributed by atoms with van der Waals surface area (Å²) >= 11 is 1.76. The van der Waals surface area contributed by atoms with Crippen molar-refractivity contribution in [1.29, 1.82) is 0 Å². The van der Waals surface area contributed by atoms with Crippen molar-refractivity contribution in [2.75, 3.05) is 33.2 Å². The molecule has 0 aliphatic heterocycles. The van der Waals surface area contributed by atoms with Crippen molar-refractivity contribution in [2.45, 2.75) is 40.2 Å². The van der Waals surface area contributed by atoms with Crippen LogP contribution in [-0.2, 0) is 6.42 Å². The highest BCUT2D eigenvalue weighted by Crippen LogP contribution is 2.10. The van der Waals surface area contributed by atoms with Gasteiger partial charge in [0.2, 0.25) is 0 Å². The van der Waals surface area contributed by atoms with E-state index in [4.69, 9.17) is 0 Å². The molecule has 0 amide bonds. The Morgan fingerprint density at radius 2 is 2.19 bits per heavy atom. The molecule has 5 nitrogen and oxygen atoms in total. The van der Waals surface area contributed by atoms with Crippen LogP contribution >= 0.6 is 11.3 Å². The quantitative estimate of drug-likeness (QED) is 0.569. The van der Waals surface area contributed by atoms with Gasteiger partial charge in [-0.15, -0.1) is 11.3 Å². The molecule has 0 radical (unpaired) electrons. The molecule has 0 aliphatic carbocycles. The van der Waals surface area contributed by atoms with E-state index in [9.17, 15) is 0 Å². The van der Waals surface area contributed by atoms with Gasteiger partial charge in [-0.2, -0.15) is 0 Å². The highest BCUT2D eigenvalue weighted by molar-refractivity contribution is 7.11. The summed E-state index contributed by atoms with van der Waals surface area (Å²) < 4.78 is 0. The van der Waals surface area contributed by atoms with Crippen LogP contribution in [0.5, 0.6) is 0 Å². The zero-order valence-electron chi connectivity index (χ0n) is 13.9. The zero-order chi connectivity index (χ0) is 15.7. The van der Waals surface area contributed by atoms with E-state index < -0.39 is 0 Å². The molecule has 1 rings (SSSR count). The Morgan fingerprint density at radius 1 is 1.43 bits per heavy atom. The van der Waals surface area contributed by atoms with E-state index in [1.165, 1.54) is 9.88 Å². The molecular weight excluding hydrogens is 282 g/mol. The smallest absolute Gasteiger partial charge is 0.191 e. The lowest BCUT2D eigenvalue weighted by Gasteiger charge is -2.20. The monoisotopic (exact) mass is 311 g/mol. The fraction of sp³-hybridized carbons (Fsp3) is 0.733. The average Bonchev–Trinajstić information content (AvgIpc) is 2.84. The molecular formula is C15H29N5S. The van der Waals surface area contributed by atoms with Gasteiger partial charge in [0.1, 0.15) is 0 Å². The number of nitrogens with zero attached hydrogens (tertiary/aromatic N) is 3. The van der Waals surface area contributed by atoms with Gasteiger partial charge < -0.3 is 15.5 Å². The van der Waals surface area contributed by atoms with Crippen molar-refractivity contribution in [2.24, 2.45) is 4.99 Å². The Bertz CT molecular complexity index is 427. The second kappa shape index (κ2) is 9.73. The van der Waals surface area contributed by atoms with E-state index >= 15 is 0 Å². The van der Waals surface area contributed by atoms with Crippen LogP contribution in [0.25, 0.3) is 0 Å². The predicted octanol–water partition coefficient (Wildman–Crippen LogP) is 1.89. The van der Waals surface area contributed by atoms with E-state index in [1.54, 1.807) is 11.3 Å². The lowest BCUT2D eigenvalue weighted by Crippen LogP contribution is -2.39. The van der Waals surface area contributed by atoms with Gasteiger partial charge in [0, 0.05) is 43.2 Å². The first-order chi connectivity index (χ1) is 10.0. The fourth-order valence-electron chi connectivity index (χ4n) is 1.72. The Hall–Kier alpha value is -1.14. The number of aromatic nitrogens is 1. The zero-order valence-corrected chi connectivity index (χ0v) is 14.8. The second-order valence-electron chi connectivity index (χ2n) is 5.38. The van der Waals surface area contributed by atoms with Crippen molar-refractivity contribution in [3.63, 3.8) is 0 Å². The molecule has 0 bridgehead atoms. The van der Waals surface area contributed by atoms with Crippen LogP contribution in [0.2, 0.25) is 0 Å².